The summed E-state index contributed by atoms with van der Waals surface area (Å²) in [5.74, 6) is 0. The van der Waals surface area contributed by atoms with Gasteiger partial charge in [-0.15, -0.1) is 0 Å². The van der Waals surface area contributed by atoms with Crippen molar-refractivity contribution in [1.29, 1.82) is 0 Å². The number of carbonyl (C=O) groups excluding carboxylic acids is 1. The largest absolute Gasteiger partial charge is 0.449 e. The van der Waals surface area contributed by atoms with Crippen LogP contribution in [-0.4, -0.2) is 13.7 Å². The van der Waals surface area contributed by atoms with E-state index in [-0.39, 0.29) is 6.61 Å². The van der Waals surface area contributed by atoms with Gasteiger partial charge in [0.2, 0.25) is 0 Å². The molecule has 0 saturated heterocycles. The first-order chi connectivity index (χ1) is 10.7. The predicted molar refractivity (Wildman–Crippen MR) is 75.3 cm³/mol. The van der Waals surface area contributed by atoms with Gasteiger partial charge >= 0.3 is 11.5 Å². The molecule has 23 heavy (non-hydrogen) atoms. The molecule has 0 unspecified atom stereocenters. The number of alkyl halides is 3. The molecule has 0 aromatic heterocycles. The Bertz CT molecular complexity index is 782. The molecule has 0 aliphatic heterocycles. The summed E-state index contributed by atoms with van der Waals surface area (Å²) in [5, 5.41) is -1.51. The number of benzene rings is 2. The van der Waals surface area contributed by atoms with Crippen LogP contribution in [0, 0.1) is 0 Å². The summed E-state index contributed by atoms with van der Waals surface area (Å²) < 4.78 is 65.9. The SMILES string of the molecule is O=C(OCc1ccccc1)S(=O)(=O)c1ccc(C(F)(F)F)cc1. The minimum Gasteiger partial charge on any atom is -0.449 e. The maximum absolute atomic E-state index is 12.4. The molecule has 0 radical (unpaired) electrons. The maximum atomic E-state index is 12.4. The average Bonchev–Trinajstić information content (AvgIpc) is 2.52. The molecular formula is C15H11F3O4S. The van der Waals surface area contributed by atoms with Gasteiger partial charge in [-0.2, -0.15) is 13.2 Å². The monoisotopic (exact) mass is 344 g/mol. The van der Waals surface area contributed by atoms with Gasteiger partial charge in [0.25, 0.3) is 9.84 Å². The van der Waals surface area contributed by atoms with Crippen molar-refractivity contribution in [2.24, 2.45) is 0 Å². The van der Waals surface area contributed by atoms with Crippen LogP contribution in [0.25, 0.3) is 0 Å². The molecule has 0 N–H and O–H groups in total. The van der Waals surface area contributed by atoms with Crippen LogP contribution in [0.4, 0.5) is 18.0 Å². The van der Waals surface area contributed by atoms with E-state index in [0.29, 0.717) is 17.7 Å². The Kier molecular flexibility index (Phi) is 4.74. The second-order valence-corrected chi connectivity index (χ2v) is 6.36. The van der Waals surface area contributed by atoms with Crippen molar-refractivity contribution in [2.45, 2.75) is 17.7 Å². The van der Waals surface area contributed by atoms with Crippen molar-refractivity contribution in [3.8, 4) is 0 Å². The zero-order valence-corrected chi connectivity index (χ0v) is 12.4. The van der Waals surface area contributed by atoms with Gasteiger partial charge in [0.1, 0.15) is 6.61 Å². The van der Waals surface area contributed by atoms with Gasteiger partial charge in [-0.25, -0.2) is 13.2 Å². The highest BCUT2D eigenvalue weighted by molar-refractivity contribution is 8.05. The molecule has 0 heterocycles. The fourth-order valence-electron chi connectivity index (χ4n) is 1.71. The normalized spacial score (nSPS) is 12.0. The van der Waals surface area contributed by atoms with Crippen LogP contribution < -0.4 is 0 Å². The van der Waals surface area contributed by atoms with Gasteiger partial charge in [0.05, 0.1) is 10.5 Å². The standard InChI is InChI=1S/C15H11F3O4S/c16-15(17,18)12-6-8-13(9-7-12)23(20,21)14(19)22-10-11-4-2-1-3-5-11/h1-9H,10H2. The molecule has 0 aliphatic carbocycles. The van der Waals surface area contributed by atoms with Gasteiger partial charge in [-0.1, -0.05) is 30.3 Å². The molecule has 2 rings (SSSR count). The lowest BCUT2D eigenvalue weighted by atomic mass is 10.2. The van der Waals surface area contributed by atoms with E-state index in [9.17, 15) is 26.4 Å². The molecule has 4 nitrogen and oxygen atoms in total. The van der Waals surface area contributed by atoms with E-state index in [2.05, 4.69) is 0 Å². The molecule has 0 amide bonds. The number of halogens is 3. The van der Waals surface area contributed by atoms with Crippen molar-refractivity contribution < 1.29 is 31.1 Å². The summed E-state index contributed by atoms with van der Waals surface area (Å²) in [6.45, 7) is -0.250. The molecule has 122 valence electrons. The summed E-state index contributed by atoms with van der Waals surface area (Å²) in [4.78, 5) is 11.1. The predicted octanol–water partition coefficient (Wildman–Crippen LogP) is 3.82. The Labute approximate surface area is 130 Å². The van der Waals surface area contributed by atoms with E-state index >= 15 is 0 Å². The minimum atomic E-state index is -4.59. The number of carbonyl (C=O) groups is 1. The van der Waals surface area contributed by atoms with Crippen LogP contribution in [0.15, 0.2) is 59.5 Å². The van der Waals surface area contributed by atoms with Crippen LogP contribution >= 0.6 is 0 Å². The van der Waals surface area contributed by atoms with E-state index in [1.54, 1.807) is 30.3 Å². The van der Waals surface area contributed by atoms with Crippen LogP contribution in [0.1, 0.15) is 11.1 Å². The first kappa shape index (κ1) is 17.0. The molecular weight excluding hydrogens is 333 g/mol. The second-order valence-electron chi connectivity index (χ2n) is 4.55. The van der Waals surface area contributed by atoms with Gasteiger partial charge in [0, 0.05) is 0 Å². The molecule has 0 spiro atoms. The second kappa shape index (κ2) is 6.41. The van der Waals surface area contributed by atoms with Gasteiger partial charge in [0.15, 0.2) is 0 Å². The molecule has 0 bridgehead atoms. The molecule has 2 aromatic rings. The van der Waals surface area contributed by atoms with E-state index in [1.807, 2.05) is 0 Å². The highest BCUT2D eigenvalue weighted by atomic mass is 32.2. The van der Waals surface area contributed by atoms with Crippen molar-refractivity contribution >= 4 is 15.1 Å². The third-order valence-electron chi connectivity index (χ3n) is 2.91. The zero-order valence-electron chi connectivity index (χ0n) is 11.6. The molecule has 0 fully saturated rings. The first-order valence-electron chi connectivity index (χ1n) is 6.34. The van der Waals surface area contributed by atoms with E-state index in [1.165, 1.54) is 0 Å². The van der Waals surface area contributed by atoms with Crippen molar-refractivity contribution in [1.82, 2.24) is 0 Å². The van der Waals surface area contributed by atoms with Crippen LogP contribution in [0.5, 0.6) is 0 Å². The van der Waals surface area contributed by atoms with Gasteiger partial charge in [-0.3, -0.25) is 0 Å². The molecule has 0 atom stereocenters. The molecule has 0 saturated carbocycles. The fraction of sp³-hybridized carbons (Fsp3) is 0.133. The molecule has 0 aliphatic rings. The Morgan fingerprint density at radius 1 is 0.957 bits per heavy atom. The average molecular weight is 344 g/mol. The Hall–Kier alpha value is -2.35. The smallest absolute Gasteiger partial charge is 0.429 e. The van der Waals surface area contributed by atoms with E-state index < -0.39 is 31.8 Å². The summed E-state index contributed by atoms with van der Waals surface area (Å²) in [6, 6.07) is 11.0. The molecule has 2 aromatic carbocycles. The maximum Gasteiger partial charge on any atom is 0.429 e. The van der Waals surface area contributed by atoms with Crippen molar-refractivity contribution in [3.63, 3.8) is 0 Å². The number of sulfone groups is 1. The Morgan fingerprint density at radius 2 is 1.52 bits per heavy atom. The fourth-order valence-corrected chi connectivity index (χ4v) is 2.61. The topological polar surface area (TPSA) is 60.4 Å². The number of ether oxygens (including phenoxy) is 1. The highest BCUT2D eigenvalue weighted by Crippen LogP contribution is 2.30. The van der Waals surface area contributed by atoms with Gasteiger partial charge < -0.3 is 4.74 Å². The van der Waals surface area contributed by atoms with Crippen LogP contribution in [0.3, 0.4) is 0 Å². The van der Waals surface area contributed by atoms with E-state index in [4.69, 9.17) is 4.74 Å². The first-order valence-corrected chi connectivity index (χ1v) is 7.82. The van der Waals surface area contributed by atoms with Crippen molar-refractivity contribution in [2.75, 3.05) is 0 Å². The number of hydrogen-bond donors (Lipinski definition) is 0. The van der Waals surface area contributed by atoms with Gasteiger partial charge in [-0.05, 0) is 29.8 Å². The Morgan fingerprint density at radius 3 is 2.04 bits per heavy atom. The molecule has 8 heteroatoms. The third kappa shape index (κ3) is 4.10. The number of rotatable bonds is 3. The van der Waals surface area contributed by atoms with Crippen molar-refractivity contribution in [3.05, 3.63) is 65.7 Å². The lowest BCUT2D eigenvalue weighted by Crippen LogP contribution is -2.17. The number of hydrogen-bond acceptors (Lipinski definition) is 4. The summed E-state index contributed by atoms with van der Waals surface area (Å²) in [5.41, 5.74) is -0.419. The summed E-state index contributed by atoms with van der Waals surface area (Å²) in [7, 11) is -4.50. The minimum absolute atomic E-state index is 0.250. The van der Waals surface area contributed by atoms with Crippen LogP contribution in [0.2, 0.25) is 0 Å². The van der Waals surface area contributed by atoms with E-state index in [0.717, 1.165) is 12.1 Å². The lowest BCUT2D eigenvalue weighted by Gasteiger charge is -2.08. The lowest BCUT2D eigenvalue weighted by molar-refractivity contribution is -0.137. The van der Waals surface area contributed by atoms with Crippen LogP contribution in [-0.2, 0) is 27.4 Å². The highest BCUT2D eigenvalue weighted by Gasteiger charge is 2.32. The Balaban J connectivity index is 2.13. The third-order valence-corrected chi connectivity index (χ3v) is 4.36. The quantitative estimate of drug-likeness (QED) is 0.794. The summed E-state index contributed by atoms with van der Waals surface area (Å²) >= 11 is 0. The summed E-state index contributed by atoms with van der Waals surface area (Å²) in [6.07, 6.45) is -4.59. The zero-order chi connectivity index (χ0) is 17.1.